The number of carbonyl (C=O) groups is 3. The number of allylic oxidation sites excluding steroid dienone is 20. The van der Waals surface area contributed by atoms with Crippen LogP contribution in [0.4, 0.5) is 0 Å². The van der Waals surface area contributed by atoms with Crippen LogP contribution >= 0.6 is 0 Å². The van der Waals surface area contributed by atoms with Crippen molar-refractivity contribution in [3.63, 3.8) is 0 Å². The topological polar surface area (TPSA) is 78.9 Å². The predicted molar refractivity (Wildman–Crippen MR) is 357 cm³/mol. The molecular formula is C76H128O6. The molecule has 1 atom stereocenters. The van der Waals surface area contributed by atoms with Gasteiger partial charge < -0.3 is 14.2 Å². The van der Waals surface area contributed by atoms with Gasteiger partial charge in [0.25, 0.3) is 0 Å². The van der Waals surface area contributed by atoms with E-state index in [0.717, 1.165) is 141 Å². The molecule has 0 N–H and O–H groups in total. The standard InChI is InChI=1S/C76H128O6/c1-4-7-10-13-16-19-22-24-26-28-30-31-32-33-34-35-36-37-38-39-40-41-42-43-44-45-47-48-50-52-54-57-60-63-66-69-75(78)81-72-73(71-80-74(77)68-65-62-59-56-21-18-15-12-9-6-3)82-76(79)70-67-64-61-58-55-53-51-49-46-29-27-25-23-20-17-14-11-8-5-2/h7-8,10-12,15-17,19-20,24-27,30-31,46,49,53,55,73H,4-6,9,13-14,18,21-23,28-29,32-45,47-48,50-52,54,56-72H2,1-3H3/b10-7-,11-8-,15-12-,19-16-,20-17-,26-24-,27-25-,31-30-,49-46-,55-53-. The van der Waals surface area contributed by atoms with Gasteiger partial charge in [-0.3, -0.25) is 14.4 Å². The van der Waals surface area contributed by atoms with Crippen molar-refractivity contribution in [1.29, 1.82) is 0 Å². The molecule has 0 aliphatic carbocycles. The second-order valence-corrected chi connectivity index (χ2v) is 22.7. The van der Waals surface area contributed by atoms with Gasteiger partial charge in [0.2, 0.25) is 0 Å². The van der Waals surface area contributed by atoms with Gasteiger partial charge in [-0.05, 0) is 122 Å². The largest absolute Gasteiger partial charge is 0.462 e. The van der Waals surface area contributed by atoms with Crippen LogP contribution in [-0.2, 0) is 28.6 Å². The number of ether oxygens (including phenoxy) is 3. The molecular weight excluding hydrogens is 1010 g/mol. The fraction of sp³-hybridized carbons (Fsp3) is 0.697. The molecule has 0 fully saturated rings. The highest BCUT2D eigenvalue weighted by atomic mass is 16.6. The van der Waals surface area contributed by atoms with Gasteiger partial charge in [-0.15, -0.1) is 0 Å². The van der Waals surface area contributed by atoms with Gasteiger partial charge in [0, 0.05) is 19.3 Å². The Morgan fingerprint density at radius 3 is 0.768 bits per heavy atom. The second kappa shape index (κ2) is 69.3. The molecule has 0 saturated heterocycles. The van der Waals surface area contributed by atoms with Gasteiger partial charge in [-0.2, -0.15) is 0 Å². The lowest BCUT2D eigenvalue weighted by Gasteiger charge is -2.18. The first-order valence-electron chi connectivity index (χ1n) is 34.5. The van der Waals surface area contributed by atoms with Crippen LogP contribution < -0.4 is 0 Å². The first kappa shape index (κ1) is 77.8. The van der Waals surface area contributed by atoms with Crippen LogP contribution in [0.25, 0.3) is 0 Å². The lowest BCUT2D eigenvalue weighted by molar-refractivity contribution is -0.167. The highest BCUT2D eigenvalue weighted by molar-refractivity contribution is 5.71. The van der Waals surface area contributed by atoms with E-state index in [2.05, 4.69) is 142 Å². The molecule has 0 aliphatic rings. The maximum atomic E-state index is 12.9. The smallest absolute Gasteiger partial charge is 0.306 e. The van der Waals surface area contributed by atoms with Crippen LogP contribution in [-0.4, -0.2) is 37.2 Å². The summed E-state index contributed by atoms with van der Waals surface area (Å²) in [6.07, 6.45) is 96.8. The van der Waals surface area contributed by atoms with Crippen LogP contribution in [0.15, 0.2) is 122 Å². The van der Waals surface area contributed by atoms with Gasteiger partial charge in [-0.25, -0.2) is 0 Å². The third-order valence-electron chi connectivity index (χ3n) is 14.7. The van der Waals surface area contributed by atoms with Crippen LogP contribution in [0.1, 0.15) is 323 Å². The van der Waals surface area contributed by atoms with E-state index < -0.39 is 6.10 Å². The summed E-state index contributed by atoms with van der Waals surface area (Å²) in [6, 6.07) is 0. The Morgan fingerprint density at radius 1 is 0.256 bits per heavy atom. The summed E-state index contributed by atoms with van der Waals surface area (Å²) >= 11 is 0. The van der Waals surface area contributed by atoms with Crippen LogP contribution in [0.5, 0.6) is 0 Å². The Bertz CT molecular complexity index is 1690. The summed E-state index contributed by atoms with van der Waals surface area (Å²) in [5.41, 5.74) is 0. The highest BCUT2D eigenvalue weighted by Gasteiger charge is 2.19. The third-order valence-corrected chi connectivity index (χ3v) is 14.7. The molecule has 0 heterocycles. The summed E-state index contributed by atoms with van der Waals surface area (Å²) in [6.45, 7) is 6.34. The highest BCUT2D eigenvalue weighted by Crippen LogP contribution is 2.17. The summed E-state index contributed by atoms with van der Waals surface area (Å²) in [5, 5.41) is 0. The number of rotatable bonds is 62. The Hall–Kier alpha value is -4.19. The number of hydrogen-bond donors (Lipinski definition) is 0. The fourth-order valence-electron chi connectivity index (χ4n) is 9.58. The lowest BCUT2D eigenvalue weighted by Crippen LogP contribution is -2.30. The molecule has 0 aliphatic heterocycles. The van der Waals surface area contributed by atoms with Crippen molar-refractivity contribution in [2.45, 2.75) is 329 Å². The van der Waals surface area contributed by atoms with Gasteiger partial charge in [0.05, 0.1) is 0 Å². The zero-order chi connectivity index (χ0) is 59.2. The molecule has 0 saturated carbocycles. The van der Waals surface area contributed by atoms with Crippen molar-refractivity contribution in [3.05, 3.63) is 122 Å². The molecule has 1 unspecified atom stereocenters. The van der Waals surface area contributed by atoms with E-state index in [-0.39, 0.29) is 37.5 Å². The average molecular weight is 1140 g/mol. The molecule has 0 rings (SSSR count). The Morgan fingerprint density at radius 2 is 0.476 bits per heavy atom. The molecule has 0 aromatic rings. The molecule has 468 valence electrons. The molecule has 0 bridgehead atoms. The molecule has 6 heteroatoms. The summed E-state index contributed by atoms with van der Waals surface area (Å²) < 4.78 is 16.9. The molecule has 82 heavy (non-hydrogen) atoms. The van der Waals surface area contributed by atoms with Crippen molar-refractivity contribution in [2.24, 2.45) is 0 Å². The quantitative estimate of drug-likeness (QED) is 0.0261. The molecule has 0 amide bonds. The number of carbonyl (C=O) groups excluding carboxylic acids is 3. The van der Waals surface area contributed by atoms with E-state index in [1.807, 2.05) is 0 Å². The number of unbranched alkanes of at least 4 members (excludes halogenated alkanes) is 31. The van der Waals surface area contributed by atoms with Gasteiger partial charge in [0.15, 0.2) is 6.10 Å². The van der Waals surface area contributed by atoms with Crippen molar-refractivity contribution in [1.82, 2.24) is 0 Å². The van der Waals surface area contributed by atoms with E-state index in [9.17, 15) is 14.4 Å². The Balaban J connectivity index is 4.11. The molecule has 0 spiro atoms. The summed E-state index contributed by atoms with van der Waals surface area (Å²) in [7, 11) is 0. The normalized spacial score (nSPS) is 12.9. The average Bonchev–Trinajstić information content (AvgIpc) is 3.48. The maximum absolute atomic E-state index is 12.9. The minimum absolute atomic E-state index is 0.0928. The van der Waals surface area contributed by atoms with Crippen LogP contribution in [0.3, 0.4) is 0 Å². The van der Waals surface area contributed by atoms with Crippen molar-refractivity contribution in [3.8, 4) is 0 Å². The minimum Gasteiger partial charge on any atom is -0.462 e. The van der Waals surface area contributed by atoms with E-state index in [0.29, 0.717) is 12.8 Å². The maximum Gasteiger partial charge on any atom is 0.306 e. The zero-order valence-corrected chi connectivity index (χ0v) is 53.7. The predicted octanol–water partition coefficient (Wildman–Crippen LogP) is 23.9. The number of hydrogen-bond acceptors (Lipinski definition) is 6. The minimum atomic E-state index is -0.800. The zero-order valence-electron chi connectivity index (χ0n) is 53.7. The summed E-state index contributed by atoms with van der Waals surface area (Å²) in [5.74, 6) is -0.928. The first-order chi connectivity index (χ1) is 40.5. The van der Waals surface area contributed by atoms with E-state index in [1.54, 1.807) is 0 Å². The lowest BCUT2D eigenvalue weighted by atomic mass is 10.0. The Kier molecular flexibility index (Phi) is 65.8. The second-order valence-electron chi connectivity index (χ2n) is 22.7. The van der Waals surface area contributed by atoms with Gasteiger partial charge in [-0.1, -0.05) is 303 Å². The van der Waals surface area contributed by atoms with E-state index in [4.69, 9.17) is 14.2 Å². The molecule has 6 nitrogen and oxygen atoms in total. The number of esters is 3. The van der Waals surface area contributed by atoms with Crippen LogP contribution in [0.2, 0.25) is 0 Å². The fourth-order valence-corrected chi connectivity index (χ4v) is 9.58. The monoisotopic (exact) mass is 1140 g/mol. The SMILES string of the molecule is CC/C=C\C/C=C\C/C=C\C/C=C\C/C=C\CCCCCC(=O)OC(COC(=O)CCCCCCC/C=C\CCC)COC(=O)CCCCCCCCCCCCCCCCCCCCCCCC/C=C\C/C=C\C/C=C\C/C=C\CC. The molecule has 0 aromatic carbocycles. The van der Waals surface area contributed by atoms with Gasteiger partial charge >= 0.3 is 17.9 Å². The van der Waals surface area contributed by atoms with Crippen LogP contribution in [0, 0.1) is 0 Å². The van der Waals surface area contributed by atoms with Crippen molar-refractivity contribution < 1.29 is 28.6 Å². The van der Waals surface area contributed by atoms with E-state index >= 15 is 0 Å². The first-order valence-corrected chi connectivity index (χ1v) is 34.5. The van der Waals surface area contributed by atoms with Crippen molar-refractivity contribution >= 4 is 17.9 Å². The molecule has 0 aromatic heterocycles. The van der Waals surface area contributed by atoms with Gasteiger partial charge in [0.1, 0.15) is 13.2 Å². The van der Waals surface area contributed by atoms with E-state index in [1.165, 1.54) is 141 Å². The Labute approximate surface area is 507 Å². The molecule has 0 radical (unpaired) electrons. The van der Waals surface area contributed by atoms with Crippen molar-refractivity contribution in [2.75, 3.05) is 13.2 Å². The summed E-state index contributed by atoms with van der Waals surface area (Å²) in [4.78, 5) is 38.2. The third kappa shape index (κ3) is 66.6.